The first-order valence-corrected chi connectivity index (χ1v) is 7.31. The molecule has 0 aliphatic carbocycles. The van der Waals surface area contributed by atoms with E-state index in [0.29, 0.717) is 12.4 Å². The Morgan fingerprint density at radius 3 is 2.14 bits per heavy atom. The molecule has 1 aromatic rings. The van der Waals surface area contributed by atoms with Crippen molar-refractivity contribution in [3.63, 3.8) is 0 Å². The molecule has 2 N–H and O–H groups in total. The van der Waals surface area contributed by atoms with E-state index < -0.39 is 17.9 Å². The summed E-state index contributed by atoms with van der Waals surface area (Å²) in [6.07, 6.45) is 0.930. The number of aliphatic carboxylic acids is 1. The molecule has 0 bridgehead atoms. The molecule has 0 unspecified atom stereocenters. The molecule has 1 aromatic carbocycles. The summed E-state index contributed by atoms with van der Waals surface area (Å²) in [4.78, 5) is 22.7. The zero-order valence-electron chi connectivity index (χ0n) is 13.2. The van der Waals surface area contributed by atoms with Crippen molar-refractivity contribution in [1.82, 2.24) is 5.32 Å². The van der Waals surface area contributed by atoms with Gasteiger partial charge in [-0.3, -0.25) is 4.79 Å². The number of carbonyl (C=O) groups excluding carboxylic acids is 1. The number of carboxylic acids is 1. The van der Waals surface area contributed by atoms with E-state index >= 15 is 0 Å². The first-order chi connectivity index (χ1) is 10.4. The molecule has 1 atom stereocenters. The van der Waals surface area contributed by atoms with Gasteiger partial charge in [0.05, 0.1) is 6.61 Å². The van der Waals surface area contributed by atoms with E-state index in [-0.39, 0.29) is 12.5 Å². The Morgan fingerprint density at radius 1 is 1.14 bits per heavy atom. The summed E-state index contributed by atoms with van der Waals surface area (Å²) >= 11 is 0. The summed E-state index contributed by atoms with van der Waals surface area (Å²) in [6.45, 7) is 5.90. The van der Waals surface area contributed by atoms with Crippen molar-refractivity contribution in [3.8, 4) is 11.5 Å². The molecule has 0 spiro atoms. The van der Waals surface area contributed by atoms with Crippen LogP contribution in [0.1, 0.15) is 27.2 Å². The molecule has 1 rings (SSSR count). The predicted octanol–water partition coefficient (Wildman–Crippen LogP) is 2.08. The van der Waals surface area contributed by atoms with Gasteiger partial charge in [0, 0.05) is 0 Å². The number of amides is 1. The molecule has 0 aliphatic rings. The summed E-state index contributed by atoms with van der Waals surface area (Å²) in [5.41, 5.74) is 0. The number of hydrogen-bond acceptors (Lipinski definition) is 4. The van der Waals surface area contributed by atoms with E-state index in [9.17, 15) is 9.59 Å². The molecule has 22 heavy (non-hydrogen) atoms. The van der Waals surface area contributed by atoms with Crippen LogP contribution in [-0.2, 0) is 9.59 Å². The van der Waals surface area contributed by atoms with Crippen LogP contribution < -0.4 is 14.8 Å². The van der Waals surface area contributed by atoms with Crippen molar-refractivity contribution in [1.29, 1.82) is 0 Å². The summed E-state index contributed by atoms with van der Waals surface area (Å²) in [5, 5.41) is 11.4. The fourth-order valence-electron chi connectivity index (χ4n) is 1.73. The average molecular weight is 309 g/mol. The smallest absolute Gasteiger partial charge is 0.326 e. The van der Waals surface area contributed by atoms with Crippen LogP contribution in [0.25, 0.3) is 0 Å². The first-order valence-electron chi connectivity index (χ1n) is 7.31. The van der Waals surface area contributed by atoms with E-state index in [4.69, 9.17) is 14.6 Å². The topological polar surface area (TPSA) is 84.9 Å². The zero-order chi connectivity index (χ0) is 16.5. The van der Waals surface area contributed by atoms with Crippen molar-refractivity contribution >= 4 is 11.9 Å². The molecule has 6 heteroatoms. The van der Waals surface area contributed by atoms with Crippen LogP contribution >= 0.6 is 0 Å². The summed E-state index contributed by atoms with van der Waals surface area (Å²) < 4.78 is 10.8. The lowest BCUT2D eigenvalue weighted by molar-refractivity contribution is -0.143. The van der Waals surface area contributed by atoms with E-state index in [2.05, 4.69) is 5.32 Å². The minimum absolute atomic E-state index is 0.198. The fraction of sp³-hybridized carbons (Fsp3) is 0.500. The molecule has 122 valence electrons. The number of benzene rings is 1. The maximum atomic E-state index is 11.7. The van der Waals surface area contributed by atoms with Crippen molar-refractivity contribution in [2.24, 2.45) is 5.92 Å². The second-order valence-electron chi connectivity index (χ2n) is 5.24. The molecular weight excluding hydrogens is 286 g/mol. The van der Waals surface area contributed by atoms with Crippen LogP contribution in [0.2, 0.25) is 0 Å². The minimum atomic E-state index is -1.05. The third kappa shape index (κ3) is 6.03. The Kier molecular flexibility index (Phi) is 7.22. The van der Waals surface area contributed by atoms with E-state index in [1.807, 2.05) is 6.92 Å². The lowest BCUT2D eigenvalue weighted by atomic mass is 10.1. The Balaban J connectivity index is 2.45. The van der Waals surface area contributed by atoms with Gasteiger partial charge in [0.2, 0.25) is 0 Å². The van der Waals surface area contributed by atoms with Crippen molar-refractivity contribution in [3.05, 3.63) is 24.3 Å². The second-order valence-corrected chi connectivity index (χ2v) is 5.24. The number of rotatable bonds is 9. The molecule has 0 heterocycles. The Labute approximate surface area is 130 Å². The summed E-state index contributed by atoms with van der Waals surface area (Å²) in [5.74, 6) is -0.454. The van der Waals surface area contributed by atoms with E-state index in [1.165, 1.54) is 0 Å². The molecule has 6 nitrogen and oxygen atoms in total. The van der Waals surface area contributed by atoms with Crippen LogP contribution in [0, 0.1) is 5.92 Å². The Morgan fingerprint density at radius 2 is 1.68 bits per heavy atom. The van der Waals surface area contributed by atoms with Gasteiger partial charge < -0.3 is 19.9 Å². The molecule has 0 saturated carbocycles. The molecule has 0 fully saturated rings. The fourth-order valence-corrected chi connectivity index (χ4v) is 1.73. The van der Waals surface area contributed by atoms with Gasteiger partial charge >= 0.3 is 5.97 Å². The van der Waals surface area contributed by atoms with Crippen LogP contribution in [0.4, 0.5) is 0 Å². The molecule has 1 amide bonds. The highest BCUT2D eigenvalue weighted by molar-refractivity contribution is 5.84. The molecule has 0 saturated heterocycles. The standard InChI is InChI=1S/C16H23NO5/c1-4-9-21-12-5-7-13(8-6-12)22-10-14(18)17-15(11(2)3)16(19)20/h5-8,11,15H,4,9-10H2,1-3H3,(H,17,18)(H,19,20)/t15-/m1/s1. The third-order valence-electron chi connectivity index (χ3n) is 2.92. The van der Waals surface area contributed by atoms with Gasteiger partial charge in [0.15, 0.2) is 6.61 Å². The van der Waals surface area contributed by atoms with Gasteiger partial charge in [-0.15, -0.1) is 0 Å². The monoisotopic (exact) mass is 309 g/mol. The summed E-state index contributed by atoms with van der Waals surface area (Å²) in [7, 11) is 0. The maximum absolute atomic E-state index is 11.7. The average Bonchev–Trinajstić information content (AvgIpc) is 2.49. The SMILES string of the molecule is CCCOc1ccc(OCC(=O)N[C@@H](C(=O)O)C(C)C)cc1. The highest BCUT2D eigenvalue weighted by atomic mass is 16.5. The lowest BCUT2D eigenvalue weighted by Gasteiger charge is -2.18. The molecular formula is C16H23NO5. The maximum Gasteiger partial charge on any atom is 0.326 e. The van der Waals surface area contributed by atoms with E-state index in [1.54, 1.807) is 38.1 Å². The van der Waals surface area contributed by atoms with Gasteiger partial charge in [-0.05, 0) is 36.6 Å². The number of hydrogen-bond donors (Lipinski definition) is 2. The normalized spacial score (nSPS) is 11.8. The molecule has 0 aromatic heterocycles. The van der Waals surface area contributed by atoms with E-state index in [0.717, 1.165) is 12.2 Å². The van der Waals surface area contributed by atoms with Crippen molar-refractivity contribution in [2.75, 3.05) is 13.2 Å². The largest absolute Gasteiger partial charge is 0.494 e. The van der Waals surface area contributed by atoms with Crippen molar-refractivity contribution in [2.45, 2.75) is 33.2 Å². The van der Waals surface area contributed by atoms with Crippen LogP contribution in [-0.4, -0.2) is 36.2 Å². The first kappa shape index (κ1) is 17.8. The highest BCUT2D eigenvalue weighted by Gasteiger charge is 2.23. The van der Waals surface area contributed by atoms with Gasteiger partial charge in [-0.2, -0.15) is 0 Å². The van der Waals surface area contributed by atoms with Crippen LogP contribution in [0.15, 0.2) is 24.3 Å². The van der Waals surface area contributed by atoms with Gasteiger partial charge in [-0.25, -0.2) is 4.79 Å². The predicted molar refractivity (Wildman–Crippen MR) is 82.1 cm³/mol. The number of carboxylic acid groups (broad SMARTS) is 1. The lowest BCUT2D eigenvalue weighted by Crippen LogP contribution is -2.46. The number of nitrogens with one attached hydrogen (secondary N) is 1. The zero-order valence-corrected chi connectivity index (χ0v) is 13.2. The minimum Gasteiger partial charge on any atom is -0.494 e. The van der Waals surface area contributed by atoms with Gasteiger partial charge in [0.1, 0.15) is 17.5 Å². The Hall–Kier alpha value is -2.24. The van der Waals surface area contributed by atoms with Gasteiger partial charge in [-0.1, -0.05) is 20.8 Å². The third-order valence-corrected chi connectivity index (χ3v) is 2.92. The second kappa shape index (κ2) is 8.92. The van der Waals surface area contributed by atoms with Gasteiger partial charge in [0.25, 0.3) is 5.91 Å². The van der Waals surface area contributed by atoms with Crippen LogP contribution in [0.3, 0.4) is 0 Å². The van der Waals surface area contributed by atoms with Crippen LogP contribution in [0.5, 0.6) is 11.5 Å². The molecule has 0 aliphatic heterocycles. The quantitative estimate of drug-likeness (QED) is 0.729. The Bertz CT molecular complexity index is 484. The van der Waals surface area contributed by atoms with Crippen molar-refractivity contribution < 1.29 is 24.2 Å². The number of carbonyl (C=O) groups is 2. The number of ether oxygens (including phenoxy) is 2. The summed E-state index contributed by atoms with van der Waals surface area (Å²) in [6, 6.07) is 6.01. The highest BCUT2D eigenvalue weighted by Crippen LogP contribution is 2.17. The molecule has 0 radical (unpaired) electrons.